The van der Waals surface area contributed by atoms with Crippen LogP contribution in [0.5, 0.6) is 0 Å². The minimum atomic E-state index is 0.111. The molecule has 0 bridgehead atoms. The lowest BCUT2D eigenvalue weighted by Gasteiger charge is -2.19. The molecule has 2 aromatic heterocycles. The summed E-state index contributed by atoms with van der Waals surface area (Å²) < 4.78 is 0. The van der Waals surface area contributed by atoms with Crippen LogP contribution in [0.4, 0.5) is 11.5 Å². The third kappa shape index (κ3) is 3.23. The highest BCUT2D eigenvalue weighted by Gasteiger charge is 2.34. The molecule has 0 radical (unpaired) electrons. The smallest absolute Gasteiger partial charge is 0.191 e. The van der Waals surface area contributed by atoms with Crippen LogP contribution in [-0.4, -0.2) is 28.5 Å². The Morgan fingerprint density at radius 2 is 2.09 bits per heavy atom. The van der Waals surface area contributed by atoms with E-state index >= 15 is 0 Å². The fourth-order valence-electron chi connectivity index (χ4n) is 2.98. The zero-order chi connectivity index (χ0) is 16.8. The molecule has 0 saturated heterocycles. The molecule has 0 aliphatic carbocycles. The third-order valence-electron chi connectivity index (χ3n) is 4.07. The third-order valence-corrected chi connectivity index (χ3v) is 5.25. The fraction of sp³-hybridized carbons (Fsp3) is 0.438. The van der Waals surface area contributed by atoms with Gasteiger partial charge >= 0.3 is 0 Å². The lowest BCUT2D eigenvalue weighted by molar-refractivity contribution is 0.562. The van der Waals surface area contributed by atoms with E-state index in [1.165, 1.54) is 23.0 Å². The summed E-state index contributed by atoms with van der Waals surface area (Å²) in [4.78, 5) is 15.3. The Morgan fingerprint density at radius 3 is 2.78 bits per heavy atom. The molecule has 2 aromatic rings. The molecule has 2 N–H and O–H groups in total. The van der Waals surface area contributed by atoms with E-state index in [0.717, 1.165) is 12.2 Å². The maximum absolute atomic E-state index is 5.94. The Hall–Kier alpha value is -1.53. The SMILES string of the molecule is CC(Sc1nc(N)cc(Cl)n1)c1cc2c(cn1)N(C)CC2(C)C. The van der Waals surface area contributed by atoms with E-state index in [1.807, 2.05) is 6.20 Å². The van der Waals surface area contributed by atoms with Gasteiger partial charge in [0.2, 0.25) is 0 Å². The predicted octanol–water partition coefficient (Wildman–Crippen LogP) is 3.69. The number of hydrogen-bond donors (Lipinski definition) is 1. The van der Waals surface area contributed by atoms with E-state index in [4.69, 9.17) is 17.3 Å². The normalized spacial score (nSPS) is 17.2. The highest BCUT2D eigenvalue weighted by molar-refractivity contribution is 7.99. The Morgan fingerprint density at radius 1 is 1.35 bits per heavy atom. The largest absolute Gasteiger partial charge is 0.384 e. The fourth-order valence-corrected chi connectivity index (χ4v) is 4.10. The van der Waals surface area contributed by atoms with Crippen LogP contribution in [0.15, 0.2) is 23.5 Å². The van der Waals surface area contributed by atoms with E-state index in [0.29, 0.717) is 16.1 Å². The summed E-state index contributed by atoms with van der Waals surface area (Å²) in [5.74, 6) is 0.379. The van der Waals surface area contributed by atoms with Crippen molar-refractivity contribution < 1.29 is 0 Å². The number of nitrogen functional groups attached to an aromatic ring is 1. The van der Waals surface area contributed by atoms with Crippen LogP contribution in [0.2, 0.25) is 5.15 Å². The Bertz CT molecular complexity index is 729. The summed E-state index contributed by atoms with van der Waals surface area (Å²) in [5, 5.41) is 1.04. The van der Waals surface area contributed by atoms with Gasteiger partial charge in [0.1, 0.15) is 11.0 Å². The quantitative estimate of drug-likeness (QED) is 0.518. The van der Waals surface area contributed by atoms with E-state index in [-0.39, 0.29) is 10.7 Å². The standard InChI is InChI=1S/C16H20ClN5S/c1-9(23-15-20-13(17)6-14(18)21-15)11-5-10-12(7-19-11)22(4)8-16(10,2)3/h5-7,9H,8H2,1-4H3,(H2,18,20,21). The number of pyridine rings is 1. The van der Waals surface area contributed by atoms with Crippen LogP contribution in [0.1, 0.15) is 37.3 Å². The summed E-state index contributed by atoms with van der Waals surface area (Å²) >= 11 is 7.45. The molecule has 23 heavy (non-hydrogen) atoms. The molecule has 122 valence electrons. The van der Waals surface area contributed by atoms with Crippen molar-refractivity contribution in [3.63, 3.8) is 0 Å². The Balaban J connectivity index is 1.87. The molecule has 3 rings (SSSR count). The molecule has 1 aliphatic heterocycles. The zero-order valence-electron chi connectivity index (χ0n) is 13.7. The van der Waals surface area contributed by atoms with E-state index < -0.39 is 0 Å². The lowest BCUT2D eigenvalue weighted by Crippen LogP contribution is -2.24. The number of anilines is 2. The molecule has 0 amide bonds. The Kier molecular flexibility index (Phi) is 4.14. The van der Waals surface area contributed by atoms with Gasteiger partial charge in [-0.25, -0.2) is 9.97 Å². The van der Waals surface area contributed by atoms with Crippen molar-refractivity contribution >= 4 is 34.9 Å². The number of hydrogen-bond acceptors (Lipinski definition) is 6. The maximum atomic E-state index is 5.94. The number of nitrogens with two attached hydrogens (primary N) is 1. The van der Waals surface area contributed by atoms with Crippen molar-refractivity contribution in [3.05, 3.63) is 34.7 Å². The van der Waals surface area contributed by atoms with Crippen molar-refractivity contribution in [1.29, 1.82) is 0 Å². The minimum Gasteiger partial charge on any atom is -0.384 e. The molecule has 0 fully saturated rings. The first kappa shape index (κ1) is 16.3. The molecule has 7 heteroatoms. The van der Waals surface area contributed by atoms with Gasteiger partial charge < -0.3 is 10.6 Å². The van der Waals surface area contributed by atoms with Crippen LogP contribution in [0, 0.1) is 0 Å². The summed E-state index contributed by atoms with van der Waals surface area (Å²) in [6, 6.07) is 3.74. The van der Waals surface area contributed by atoms with Gasteiger partial charge in [0.15, 0.2) is 5.16 Å². The first-order valence-electron chi connectivity index (χ1n) is 7.44. The minimum absolute atomic E-state index is 0.111. The van der Waals surface area contributed by atoms with Crippen LogP contribution >= 0.6 is 23.4 Å². The highest BCUT2D eigenvalue weighted by atomic mass is 35.5. The summed E-state index contributed by atoms with van der Waals surface area (Å²) in [5.41, 5.74) is 9.41. The first-order valence-corrected chi connectivity index (χ1v) is 8.70. The van der Waals surface area contributed by atoms with Crippen molar-refractivity contribution in [3.8, 4) is 0 Å². The lowest BCUT2D eigenvalue weighted by atomic mass is 9.87. The van der Waals surface area contributed by atoms with Crippen LogP contribution in [0.3, 0.4) is 0 Å². The molecule has 5 nitrogen and oxygen atoms in total. The van der Waals surface area contributed by atoms with Gasteiger partial charge in [-0.05, 0) is 18.6 Å². The Labute approximate surface area is 145 Å². The van der Waals surface area contributed by atoms with Crippen LogP contribution < -0.4 is 10.6 Å². The highest BCUT2D eigenvalue weighted by Crippen LogP contribution is 2.41. The number of aromatic nitrogens is 3. The van der Waals surface area contributed by atoms with Crippen LogP contribution in [-0.2, 0) is 5.41 Å². The average molecular weight is 350 g/mol. The second-order valence-electron chi connectivity index (χ2n) is 6.52. The van der Waals surface area contributed by atoms with Gasteiger partial charge in [-0.1, -0.05) is 37.2 Å². The number of halogens is 1. The monoisotopic (exact) mass is 349 g/mol. The molecule has 0 spiro atoms. The summed E-state index contributed by atoms with van der Waals surface area (Å²) in [6.45, 7) is 7.61. The number of thioether (sulfide) groups is 1. The topological polar surface area (TPSA) is 67.9 Å². The van der Waals surface area contributed by atoms with Crippen molar-refractivity contribution in [2.75, 3.05) is 24.2 Å². The number of rotatable bonds is 3. The molecule has 1 aliphatic rings. The number of nitrogens with zero attached hydrogens (tertiary/aromatic N) is 4. The van der Waals surface area contributed by atoms with Gasteiger partial charge in [-0.3, -0.25) is 4.98 Å². The van der Waals surface area contributed by atoms with Crippen molar-refractivity contribution in [2.24, 2.45) is 0 Å². The predicted molar refractivity (Wildman–Crippen MR) is 96.3 cm³/mol. The second-order valence-corrected chi connectivity index (χ2v) is 8.22. The number of likely N-dealkylation sites (N-methyl/N-ethyl adjacent to an activating group) is 1. The summed E-state index contributed by atoms with van der Waals surface area (Å²) in [7, 11) is 2.11. The molecule has 1 atom stereocenters. The van der Waals surface area contributed by atoms with E-state index in [9.17, 15) is 0 Å². The van der Waals surface area contributed by atoms with Crippen LogP contribution in [0.25, 0.3) is 0 Å². The molecule has 0 saturated carbocycles. The molecule has 3 heterocycles. The molecule has 0 aromatic carbocycles. The molecular formula is C16H20ClN5S. The molecule has 1 unspecified atom stereocenters. The van der Waals surface area contributed by atoms with E-state index in [1.54, 1.807) is 6.07 Å². The zero-order valence-corrected chi connectivity index (χ0v) is 15.2. The van der Waals surface area contributed by atoms with Crippen molar-refractivity contribution in [2.45, 2.75) is 36.6 Å². The first-order chi connectivity index (χ1) is 10.8. The summed E-state index contributed by atoms with van der Waals surface area (Å²) in [6.07, 6.45) is 1.96. The second kappa shape index (κ2) is 5.83. The van der Waals surface area contributed by atoms with Crippen molar-refractivity contribution in [1.82, 2.24) is 15.0 Å². The van der Waals surface area contributed by atoms with Gasteiger partial charge in [0.05, 0.1) is 22.8 Å². The molecular weight excluding hydrogens is 330 g/mol. The maximum Gasteiger partial charge on any atom is 0.191 e. The van der Waals surface area contributed by atoms with Gasteiger partial charge in [0, 0.05) is 25.1 Å². The van der Waals surface area contributed by atoms with E-state index in [2.05, 4.69) is 53.7 Å². The van der Waals surface area contributed by atoms with Gasteiger partial charge in [-0.15, -0.1) is 0 Å². The van der Waals surface area contributed by atoms with Gasteiger partial charge in [0.25, 0.3) is 0 Å². The van der Waals surface area contributed by atoms with Gasteiger partial charge in [-0.2, -0.15) is 0 Å². The number of fused-ring (bicyclic) bond motifs is 1. The average Bonchev–Trinajstić information content (AvgIpc) is 2.67.